The van der Waals surface area contributed by atoms with Gasteiger partial charge in [0.2, 0.25) is 0 Å². The number of urea groups is 1. The highest BCUT2D eigenvalue weighted by Crippen LogP contribution is 2.12. The second-order valence-electron chi connectivity index (χ2n) is 4.41. The van der Waals surface area contributed by atoms with Crippen molar-refractivity contribution in [1.82, 2.24) is 20.6 Å². The summed E-state index contributed by atoms with van der Waals surface area (Å²) >= 11 is 0. The van der Waals surface area contributed by atoms with E-state index in [9.17, 15) is 14.7 Å². The number of carboxylic acids is 1. The zero-order chi connectivity index (χ0) is 15.1. The van der Waals surface area contributed by atoms with Crippen LogP contribution in [0.25, 0.3) is 0 Å². The SMILES string of the molecule is O=C(NCCc1cnc[nH]1)N[C@H](C(=O)O)c1ccccc1. The minimum absolute atomic E-state index is 0.384. The predicted molar refractivity (Wildman–Crippen MR) is 75.6 cm³/mol. The van der Waals surface area contributed by atoms with Gasteiger partial charge in [0.15, 0.2) is 6.04 Å². The van der Waals surface area contributed by atoms with E-state index < -0.39 is 18.0 Å². The van der Waals surface area contributed by atoms with Crippen LogP contribution in [0.5, 0.6) is 0 Å². The van der Waals surface area contributed by atoms with Crippen LogP contribution < -0.4 is 10.6 Å². The number of carbonyl (C=O) groups is 2. The highest BCUT2D eigenvalue weighted by molar-refractivity contribution is 5.83. The first-order valence-electron chi connectivity index (χ1n) is 6.46. The minimum atomic E-state index is -1.11. The molecule has 110 valence electrons. The summed E-state index contributed by atoms with van der Waals surface area (Å²) in [5.74, 6) is -1.11. The van der Waals surface area contributed by atoms with Gasteiger partial charge in [-0.15, -0.1) is 0 Å². The van der Waals surface area contributed by atoms with Crippen LogP contribution in [0.15, 0.2) is 42.9 Å². The number of nitrogens with zero attached hydrogens (tertiary/aromatic N) is 1. The van der Waals surface area contributed by atoms with Crippen molar-refractivity contribution in [2.24, 2.45) is 0 Å². The van der Waals surface area contributed by atoms with E-state index in [2.05, 4.69) is 20.6 Å². The average molecular weight is 288 g/mol. The van der Waals surface area contributed by atoms with Crippen LogP contribution in [-0.2, 0) is 11.2 Å². The lowest BCUT2D eigenvalue weighted by Crippen LogP contribution is -2.41. The summed E-state index contributed by atoms with van der Waals surface area (Å²) < 4.78 is 0. The van der Waals surface area contributed by atoms with E-state index in [0.29, 0.717) is 18.5 Å². The third-order valence-corrected chi connectivity index (χ3v) is 2.89. The molecule has 2 rings (SSSR count). The molecule has 1 aromatic carbocycles. The Bertz CT molecular complexity index is 584. The van der Waals surface area contributed by atoms with E-state index in [0.717, 1.165) is 5.69 Å². The monoisotopic (exact) mass is 288 g/mol. The number of hydrogen-bond acceptors (Lipinski definition) is 3. The van der Waals surface area contributed by atoms with Crippen LogP contribution in [0.2, 0.25) is 0 Å². The van der Waals surface area contributed by atoms with Gasteiger partial charge >= 0.3 is 12.0 Å². The van der Waals surface area contributed by atoms with Crippen molar-refractivity contribution in [3.63, 3.8) is 0 Å². The average Bonchev–Trinajstić information content (AvgIpc) is 2.98. The molecule has 4 N–H and O–H groups in total. The van der Waals surface area contributed by atoms with Gasteiger partial charge in [0.1, 0.15) is 0 Å². The number of rotatable bonds is 6. The molecule has 0 aliphatic rings. The maximum atomic E-state index is 11.7. The Morgan fingerprint density at radius 3 is 2.67 bits per heavy atom. The van der Waals surface area contributed by atoms with Gasteiger partial charge in [-0.1, -0.05) is 30.3 Å². The standard InChI is InChI=1S/C14H16N4O3/c19-13(20)12(10-4-2-1-3-5-10)18-14(21)16-7-6-11-8-15-9-17-11/h1-5,8-9,12H,6-7H2,(H,15,17)(H,19,20)(H2,16,18,21)/t12-/m0/s1. The van der Waals surface area contributed by atoms with Crippen molar-refractivity contribution >= 4 is 12.0 Å². The van der Waals surface area contributed by atoms with E-state index >= 15 is 0 Å². The number of amides is 2. The number of carboxylic acid groups (broad SMARTS) is 1. The topological polar surface area (TPSA) is 107 Å². The summed E-state index contributed by atoms with van der Waals surface area (Å²) in [6, 6.07) is 6.95. The van der Waals surface area contributed by atoms with Gasteiger partial charge in [0.25, 0.3) is 0 Å². The molecule has 21 heavy (non-hydrogen) atoms. The van der Waals surface area contributed by atoms with E-state index in [-0.39, 0.29) is 0 Å². The van der Waals surface area contributed by atoms with Crippen LogP contribution in [0.3, 0.4) is 0 Å². The van der Waals surface area contributed by atoms with Gasteiger partial charge in [0, 0.05) is 24.9 Å². The molecule has 0 saturated heterocycles. The highest BCUT2D eigenvalue weighted by atomic mass is 16.4. The first-order valence-corrected chi connectivity index (χ1v) is 6.46. The van der Waals surface area contributed by atoms with Crippen LogP contribution in [-0.4, -0.2) is 33.6 Å². The molecule has 0 fully saturated rings. The Morgan fingerprint density at radius 2 is 2.05 bits per heavy atom. The molecule has 0 aliphatic carbocycles. The zero-order valence-electron chi connectivity index (χ0n) is 11.2. The quantitative estimate of drug-likeness (QED) is 0.638. The smallest absolute Gasteiger partial charge is 0.330 e. The molecule has 2 aromatic rings. The van der Waals surface area contributed by atoms with Gasteiger partial charge in [-0.05, 0) is 5.56 Å². The zero-order valence-corrected chi connectivity index (χ0v) is 11.2. The summed E-state index contributed by atoms with van der Waals surface area (Å²) in [6.07, 6.45) is 3.82. The molecule has 0 spiro atoms. The number of benzene rings is 1. The maximum Gasteiger partial charge on any atom is 0.330 e. The Balaban J connectivity index is 1.85. The largest absolute Gasteiger partial charge is 0.479 e. The van der Waals surface area contributed by atoms with Crippen LogP contribution in [0, 0.1) is 0 Å². The van der Waals surface area contributed by atoms with E-state index in [1.165, 1.54) is 0 Å². The maximum absolute atomic E-state index is 11.7. The summed E-state index contributed by atoms with van der Waals surface area (Å²) in [4.78, 5) is 29.8. The Hall–Kier alpha value is -2.83. The lowest BCUT2D eigenvalue weighted by atomic mass is 10.1. The van der Waals surface area contributed by atoms with Crippen molar-refractivity contribution < 1.29 is 14.7 Å². The number of nitrogens with one attached hydrogen (secondary N) is 3. The second-order valence-corrected chi connectivity index (χ2v) is 4.41. The number of aromatic amines is 1. The molecule has 0 radical (unpaired) electrons. The number of carbonyl (C=O) groups excluding carboxylic acids is 1. The number of aliphatic carboxylic acids is 1. The molecule has 2 amide bonds. The summed E-state index contributed by atoms with van der Waals surface area (Å²) in [5, 5.41) is 14.2. The fourth-order valence-corrected chi connectivity index (χ4v) is 1.85. The number of hydrogen-bond donors (Lipinski definition) is 4. The molecular formula is C14H16N4O3. The van der Waals surface area contributed by atoms with Crippen molar-refractivity contribution in [2.75, 3.05) is 6.54 Å². The first-order chi connectivity index (χ1) is 10.2. The number of imidazole rings is 1. The lowest BCUT2D eigenvalue weighted by molar-refractivity contribution is -0.139. The molecule has 7 heteroatoms. The highest BCUT2D eigenvalue weighted by Gasteiger charge is 2.21. The Labute approximate surface area is 121 Å². The summed E-state index contributed by atoms with van der Waals surface area (Å²) in [7, 11) is 0. The van der Waals surface area contributed by atoms with E-state index in [1.807, 2.05) is 0 Å². The normalized spacial score (nSPS) is 11.6. The Kier molecular flexibility index (Phi) is 4.92. The van der Waals surface area contributed by atoms with Crippen LogP contribution >= 0.6 is 0 Å². The molecule has 0 aliphatic heterocycles. The molecule has 7 nitrogen and oxygen atoms in total. The second kappa shape index (κ2) is 7.09. The third kappa shape index (κ3) is 4.34. The van der Waals surface area contributed by atoms with Crippen molar-refractivity contribution in [3.05, 3.63) is 54.1 Å². The molecule has 0 unspecified atom stereocenters. The molecular weight excluding hydrogens is 272 g/mol. The van der Waals surface area contributed by atoms with Gasteiger partial charge in [-0.25, -0.2) is 14.6 Å². The summed E-state index contributed by atoms with van der Waals surface area (Å²) in [5.41, 5.74) is 1.42. The van der Waals surface area contributed by atoms with Crippen molar-refractivity contribution in [1.29, 1.82) is 0 Å². The fourth-order valence-electron chi connectivity index (χ4n) is 1.85. The molecule has 1 aromatic heterocycles. The third-order valence-electron chi connectivity index (χ3n) is 2.89. The van der Waals surface area contributed by atoms with Gasteiger partial charge in [-0.3, -0.25) is 0 Å². The first kappa shape index (κ1) is 14.6. The number of aromatic nitrogens is 2. The lowest BCUT2D eigenvalue weighted by Gasteiger charge is -2.15. The van der Waals surface area contributed by atoms with Gasteiger partial charge < -0.3 is 20.7 Å². The predicted octanol–water partition coefficient (Wildman–Crippen LogP) is 1.08. The molecule has 0 bridgehead atoms. The molecule has 1 atom stereocenters. The fraction of sp³-hybridized carbons (Fsp3) is 0.214. The van der Waals surface area contributed by atoms with Crippen LogP contribution in [0.1, 0.15) is 17.3 Å². The molecule has 1 heterocycles. The Morgan fingerprint density at radius 1 is 1.29 bits per heavy atom. The van der Waals surface area contributed by atoms with Gasteiger partial charge in [-0.2, -0.15) is 0 Å². The van der Waals surface area contributed by atoms with E-state index in [4.69, 9.17) is 0 Å². The van der Waals surface area contributed by atoms with Crippen molar-refractivity contribution in [2.45, 2.75) is 12.5 Å². The minimum Gasteiger partial charge on any atom is -0.479 e. The molecule has 0 saturated carbocycles. The summed E-state index contributed by atoms with van der Waals surface area (Å²) in [6.45, 7) is 0.384. The number of H-pyrrole nitrogens is 1. The van der Waals surface area contributed by atoms with Gasteiger partial charge in [0.05, 0.1) is 6.33 Å². The van der Waals surface area contributed by atoms with E-state index in [1.54, 1.807) is 42.9 Å². The van der Waals surface area contributed by atoms with Crippen LogP contribution in [0.4, 0.5) is 4.79 Å². The van der Waals surface area contributed by atoms with Crippen molar-refractivity contribution in [3.8, 4) is 0 Å².